The largest absolute Gasteiger partial charge is 0.380 e. The van der Waals surface area contributed by atoms with Gasteiger partial charge in [-0.1, -0.05) is 0 Å². The highest BCUT2D eigenvalue weighted by molar-refractivity contribution is 6.18. The average molecular weight is 216 g/mol. The van der Waals surface area contributed by atoms with Gasteiger partial charge < -0.3 is 4.74 Å². The van der Waals surface area contributed by atoms with E-state index in [9.17, 15) is 8.78 Å². The topological polar surface area (TPSA) is 12.5 Å². The third-order valence-corrected chi connectivity index (χ3v) is 1.72. The zero-order chi connectivity index (χ0) is 10.1. The first-order valence-electron chi connectivity index (χ1n) is 4.35. The SMILES string of the molecule is CCOCCN(CCCl)CC(F)F. The molecule has 0 fully saturated rings. The number of nitrogens with zero attached hydrogens (tertiary/aromatic N) is 1. The van der Waals surface area contributed by atoms with E-state index >= 15 is 0 Å². The van der Waals surface area contributed by atoms with Crippen molar-refractivity contribution in [3.8, 4) is 0 Å². The lowest BCUT2D eigenvalue weighted by Crippen LogP contribution is -2.33. The van der Waals surface area contributed by atoms with Crippen molar-refractivity contribution < 1.29 is 13.5 Å². The highest BCUT2D eigenvalue weighted by atomic mass is 35.5. The molecule has 0 bridgehead atoms. The van der Waals surface area contributed by atoms with E-state index in [1.807, 2.05) is 6.92 Å². The van der Waals surface area contributed by atoms with Gasteiger partial charge >= 0.3 is 0 Å². The second kappa shape index (κ2) is 8.66. The van der Waals surface area contributed by atoms with Gasteiger partial charge in [0.15, 0.2) is 0 Å². The van der Waals surface area contributed by atoms with Crippen LogP contribution in [0, 0.1) is 0 Å². The van der Waals surface area contributed by atoms with Gasteiger partial charge in [0, 0.05) is 25.6 Å². The molecule has 5 heteroatoms. The molecule has 0 radical (unpaired) electrons. The second-order valence-electron chi connectivity index (χ2n) is 2.58. The van der Waals surface area contributed by atoms with Gasteiger partial charge in [0.05, 0.1) is 13.2 Å². The number of ether oxygens (including phenoxy) is 1. The van der Waals surface area contributed by atoms with Crippen molar-refractivity contribution >= 4 is 11.6 Å². The third-order valence-electron chi connectivity index (χ3n) is 1.55. The fourth-order valence-corrected chi connectivity index (χ4v) is 1.19. The molecule has 0 heterocycles. The van der Waals surface area contributed by atoms with Crippen LogP contribution in [0.2, 0.25) is 0 Å². The number of halogens is 3. The van der Waals surface area contributed by atoms with Gasteiger partial charge in [0.25, 0.3) is 6.43 Å². The van der Waals surface area contributed by atoms with E-state index in [-0.39, 0.29) is 6.54 Å². The Hall–Kier alpha value is 0.0700. The van der Waals surface area contributed by atoms with E-state index in [1.165, 1.54) is 0 Å². The molecule has 13 heavy (non-hydrogen) atoms. The van der Waals surface area contributed by atoms with Crippen LogP contribution < -0.4 is 0 Å². The van der Waals surface area contributed by atoms with E-state index < -0.39 is 6.43 Å². The number of hydrogen-bond donors (Lipinski definition) is 0. The first kappa shape index (κ1) is 13.1. The molecule has 0 amide bonds. The Morgan fingerprint density at radius 1 is 1.38 bits per heavy atom. The van der Waals surface area contributed by atoms with Crippen molar-refractivity contribution in [2.24, 2.45) is 0 Å². The van der Waals surface area contributed by atoms with Gasteiger partial charge in [0.1, 0.15) is 0 Å². The van der Waals surface area contributed by atoms with Crippen LogP contribution >= 0.6 is 11.6 Å². The van der Waals surface area contributed by atoms with Gasteiger partial charge in [-0.3, -0.25) is 4.90 Å². The molecule has 0 aromatic heterocycles. The van der Waals surface area contributed by atoms with Crippen LogP contribution in [0.25, 0.3) is 0 Å². The molecule has 0 spiro atoms. The lowest BCUT2D eigenvalue weighted by Gasteiger charge is -2.20. The Kier molecular flexibility index (Phi) is 8.71. The van der Waals surface area contributed by atoms with Crippen LogP contribution in [-0.4, -0.2) is 50.1 Å². The monoisotopic (exact) mass is 215 g/mol. The lowest BCUT2D eigenvalue weighted by atomic mass is 10.4. The van der Waals surface area contributed by atoms with Crippen molar-refractivity contribution in [1.82, 2.24) is 4.90 Å². The number of hydrogen-bond acceptors (Lipinski definition) is 2. The van der Waals surface area contributed by atoms with Crippen LogP contribution in [0.3, 0.4) is 0 Å². The summed E-state index contributed by atoms with van der Waals surface area (Å²) in [5.41, 5.74) is 0. The molecule has 0 aliphatic heterocycles. The molecule has 0 aliphatic rings. The Morgan fingerprint density at radius 2 is 2.08 bits per heavy atom. The first-order chi connectivity index (χ1) is 6.20. The molecule has 80 valence electrons. The standard InChI is InChI=1S/C8H16ClF2NO/c1-2-13-6-5-12(4-3-9)7-8(10)11/h8H,2-7H2,1H3. The highest BCUT2D eigenvalue weighted by Crippen LogP contribution is 1.98. The quantitative estimate of drug-likeness (QED) is 0.453. The predicted molar refractivity (Wildman–Crippen MR) is 49.7 cm³/mol. The van der Waals surface area contributed by atoms with Gasteiger partial charge in [-0.05, 0) is 6.92 Å². The molecular weight excluding hydrogens is 200 g/mol. The van der Waals surface area contributed by atoms with Gasteiger partial charge in [-0.2, -0.15) is 0 Å². The molecule has 0 saturated carbocycles. The van der Waals surface area contributed by atoms with Crippen molar-refractivity contribution in [3.63, 3.8) is 0 Å². The molecule has 0 atom stereocenters. The highest BCUT2D eigenvalue weighted by Gasteiger charge is 2.10. The van der Waals surface area contributed by atoms with Crippen molar-refractivity contribution in [2.75, 3.05) is 38.7 Å². The summed E-state index contributed by atoms with van der Waals surface area (Å²) in [5, 5.41) is 0. The maximum absolute atomic E-state index is 12.0. The van der Waals surface area contributed by atoms with E-state index in [1.54, 1.807) is 4.90 Å². The third kappa shape index (κ3) is 8.40. The fourth-order valence-electron chi connectivity index (χ4n) is 0.947. The zero-order valence-corrected chi connectivity index (χ0v) is 8.57. The minimum atomic E-state index is -2.30. The Morgan fingerprint density at radius 3 is 2.54 bits per heavy atom. The summed E-state index contributed by atoms with van der Waals surface area (Å²) in [5.74, 6) is 0.374. The number of alkyl halides is 3. The molecule has 2 nitrogen and oxygen atoms in total. The summed E-state index contributed by atoms with van der Waals surface area (Å²) in [4.78, 5) is 1.60. The molecule has 0 aromatic rings. The smallest absolute Gasteiger partial charge is 0.251 e. The van der Waals surface area contributed by atoms with Gasteiger partial charge in [-0.25, -0.2) is 8.78 Å². The summed E-state index contributed by atoms with van der Waals surface area (Å²) in [7, 11) is 0. The Balaban J connectivity index is 3.53. The van der Waals surface area contributed by atoms with E-state index in [4.69, 9.17) is 16.3 Å². The molecular formula is C8H16ClF2NO. The second-order valence-corrected chi connectivity index (χ2v) is 2.96. The van der Waals surface area contributed by atoms with Gasteiger partial charge in [0.2, 0.25) is 0 Å². The number of rotatable bonds is 8. The van der Waals surface area contributed by atoms with Crippen molar-refractivity contribution in [2.45, 2.75) is 13.3 Å². The normalized spacial score (nSPS) is 11.5. The zero-order valence-electron chi connectivity index (χ0n) is 7.81. The van der Waals surface area contributed by atoms with Gasteiger partial charge in [-0.15, -0.1) is 11.6 Å². The predicted octanol–water partition coefficient (Wildman–Crippen LogP) is 1.83. The van der Waals surface area contributed by atoms with Crippen LogP contribution in [0.5, 0.6) is 0 Å². The van der Waals surface area contributed by atoms with E-state index in [0.717, 1.165) is 0 Å². The Bertz CT molecular complexity index is 116. The fraction of sp³-hybridized carbons (Fsp3) is 1.00. The summed E-state index contributed by atoms with van der Waals surface area (Å²) in [6.07, 6.45) is -2.30. The van der Waals surface area contributed by atoms with Crippen molar-refractivity contribution in [3.05, 3.63) is 0 Å². The molecule has 0 saturated heterocycles. The summed E-state index contributed by atoms with van der Waals surface area (Å²) in [6, 6.07) is 0. The molecule has 0 aromatic carbocycles. The van der Waals surface area contributed by atoms with Crippen LogP contribution in [-0.2, 0) is 4.74 Å². The minimum absolute atomic E-state index is 0.222. The molecule has 0 aliphatic carbocycles. The minimum Gasteiger partial charge on any atom is -0.380 e. The maximum Gasteiger partial charge on any atom is 0.251 e. The average Bonchev–Trinajstić information content (AvgIpc) is 2.04. The first-order valence-corrected chi connectivity index (χ1v) is 4.88. The summed E-state index contributed by atoms with van der Waals surface area (Å²) >= 11 is 5.47. The molecule has 0 unspecified atom stereocenters. The van der Waals surface area contributed by atoms with Crippen LogP contribution in [0.1, 0.15) is 6.92 Å². The maximum atomic E-state index is 12.0. The summed E-state index contributed by atoms with van der Waals surface area (Å²) in [6.45, 7) is 3.76. The Labute approximate surface area is 82.8 Å². The van der Waals surface area contributed by atoms with Crippen LogP contribution in [0.15, 0.2) is 0 Å². The van der Waals surface area contributed by atoms with E-state index in [2.05, 4.69) is 0 Å². The van der Waals surface area contributed by atoms with E-state index in [0.29, 0.717) is 32.2 Å². The molecule has 0 N–H and O–H groups in total. The molecule has 0 rings (SSSR count). The van der Waals surface area contributed by atoms with Crippen LogP contribution in [0.4, 0.5) is 8.78 Å². The summed E-state index contributed by atoms with van der Waals surface area (Å²) < 4.78 is 29.0. The lowest BCUT2D eigenvalue weighted by molar-refractivity contribution is 0.0652. The van der Waals surface area contributed by atoms with Crippen molar-refractivity contribution in [1.29, 1.82) is 0 Å².